The van der Waals surface area contributed by atoms with Crippen LogP contribution >= 0.6 is 35.2 Å². The number of halogens is 1. The number of benzene rings is 2. The molecular formula is C20H17ClN2O2S2. The zero-order valence-corrected chi connectivity index (χ0v) is 16.9. The van der Waals surface area contributed by atoms with Crippen LogP contribution in [0.3, 0.4) is 0 Å². The predicted molar refractivity (Wildman–Crippen MR) is 116 cm³/mol. The molecule has 2 aromatic carbocycles. The van der Waals surface area contributed by atoms with E-state index in [0.717, 1.165) is 17.0 Å². The second kappa shape index (κ2) is 8.99. The Hall–Kier alpha value is -2.41. The van der Waals surface area contributed by atoms with E-state index in [2.05, 4.69) is 22.8 Å². The van der Waals surface area contributed by atoms with Crippen LogP contribution in [-0.2, 0) is 11.2 Å². The number of thiophene rings is 1. The van der Waals surface area contributed by atoms with Crippen LogP contribution in [0, 0.1) is 0 Å². The molecule has 0 spiro atoms. The molecule has 0 unspecified atom stereocenters. The summed E-state index contributed by atoms with van der Waals surface area (Å²) in [6.07, 6.45) is 0.731. The number of nitrogens with one attached hydrogen (secondary N) is 2. The highest BCUT2D eigenvalue weighted by molar-refractivity contribution is 7.80. The Kier molecular flexibility index (Phi) is 6.45. The van der Waals surface area contributed by atoms with E-state index < -0.39 is 5.97 Å². The molecule has 2 N–H and O–H groups in total. The largest absolute Gasteiger partial charge is 0.465 e. The van der Waals surface area contributed by atoms with Crippen molar-refractivity contribution in [2.24, 2.45) is 0 Å². The van der Waals surface area contributed by atoms with E-state index in [1.54, 1.807) is 12.1 Å². The molecule has 3 aromatic rings. The highest BCUT2D eigenvalue weighted by atomic mass is 35.5. The first-order valence-electron chi connectivity index (χ1n) is 8.13. The van der Waals surface area contributed by atoms with Gasteiger partial charge in [-0.2, -0.15) is 0 Å². The first-order chi connectivity index (χ1) is 13.0. The Morgan fingerprint density at radius 2 is 1.81 bits per heavy atom. The summed E-state index contributed by atoms with van der Waals surface area (Å²) in [5, 5.41) is 7.86. The number of hydrogen-bond donors (Lipinski definition) is 2. The Labute approximate surface area is 172 Å². The molecule has 1 heterocycles. The molecule has 0 amide bonds. The zero-order valence-electron chi connectivity index (χ0n) is 14.5. The van der Waals surface area contributed by atoms with Crippen molar-refractivity contribution >= 4 is 56.9 Å². The topological polar surface area (TPSA) is 50.4 Å². The molecule has 1 aromatic heterocycles. The maximum atomic E-state index is 12.1. The third kappa shape index (κ3) is 5.29. The van der Waals surface area contributed by atoms with Crippen molar-refractivity contribution in [3.8, 4) is 0 Å². The molecule has 0 fully saturated rings. The Balaban J connectivity index is 1.77. The second-order valence-electron chi connectivity index (χ2n) is 5.70. The summed E-state index contributed by atoms with van der Waals surface area (Å²) in [5.41, 5.74) is 2.44. The summed E-state index contributed by atoms with van der Waals surface area (Å²) >= 11 is 12.7. The van der Waals surface area contributed by atoms with Gasteiger partial charge in [-0.3, -0.25) is 0 Å². The maximum absolute atomic E-state index is 12.1. The Morgan fingerprint density at radius 3 is 2.48 bits per heavy atom. The van der Waals surface area contributed by atoms with Crippen LogP contribution in [-0.4, -0.2) is 18.2 Å². The third-order valence-electron chi connectivity index (χ3n) is 3.74. The number of thiocarbonyl (C=S) groups is 1. The van der Waals surface area contributed by atoms with E-state index >= 15 is 0 Å². The molecule has 0 bridgehead atoms. The fraction of sp³-hybridized carbons (Fsp3) is 0.100. The minimum atomic E-state index is -0.401. The molecule has 0 radical (unpaired) electrons. The van der Waals surface area contributed by atoms with Crippen molar-refractivity contribution < 1.29 is 9.53 Å². The summed E-state index contributed by atoms with van der Waals surface area (Å²) in [6.45, 7) is 0. The molecule has 0 atom stereocenters. The van der Waals surface area contributed by atoms with Crippen LogP contribution in [0.4, 0.5) is 10.7 Å². The van der Waals surface area contributed by atoms with E-state index in [4.69, 9.17) is 28.6 Å². The van der Waals surface area contributed by atoms with Crippen molar-refractivity contribution in [3.05, 3.63) is 81.7 Å². The van der Waals surface area contributed by atoms with Gasteiger partial charge in [-0.15, -0.1) is 11.3 Å². The van der Waals surface area contributed by atoms with Gasteiger partial charge in [0.1, 0.15) is 5.00 Å². The highest BCUT2D eigenvalue weighted by Crippen LogP contribution is 2.30. The lowest BCUT2D eigenvalue weighted by Crippen LogP contribution is -2.19. The van der Waals surface area contributed by atoms with Gasteiger partial charge in [-0.25, -0.2) is 4.79 Å². The van der Waals surface area contributed by atoms with Gasteiger partial charge in [-0.05, 0) is 48.1 Å². The van der Waals surface area contributed by atoms with E-state index in [0.29, 0.717) is 20.7 Å². The number of methoxy groups -OCH3 is 1. The molecule has 4 nitrogen and oxygen atoms in total. The molecule has 3 rings (SSSR count). The zero-order chi connectivity index (χ0) is 19.2. The monoisotopic (exact) mass is 416 g/mol. The number of carbonyl (C=O) groups excluding carboxylic acids is 1. The molecule has 0 aliphatic carbocycles. The van der Waals surface area contributed by atoms with Gasteiger partial charge in [-0.1, -0.05) is 41.9 Å². The Bertz CT molecular complexity index is 940. The Morgan fingerprint density at radius 1 is 1.11 bits per heavy atom. The summed E-state index contributed by atoms with van der Waals surface area (Å²) in [5.74, 6) is -0.401. The summed E-state index contributed by atoms with van der Waals surface area (Å²) in [7, 11) is 1.37. The van der Waals surface area contributed by atoms with E-state index in [1.165, 1.54) is 24.0 Å². The van der Waals surface area contributed by atoms with Gasteiger partial charge >= 0.3 is 5.97 Å². The van der Waals surface area contributed by atoms with Crippen LogP contribution in [0.2, 0.25) is 5.02 Å². The summed E-state index contributed by atoms with van der Waals surface area (Å²) in [4.78, 5) is 13.2. The molecule has 0 saturated carbocycles. The quantitative estimate of drug-likeness (QED) is 0.419. The summed E-state index contributed by atoms with van der Waals surface area (Å²) in [6, 6.07) is 19.1. The SMILES string of the molecule is COC(=O)c1cc(Cc2ccccc2)sc1NC(=S)Nc1ccc(Cl)cc1. The van der Waals surface area contributed by atoms with Crippen LogP contribution in [0.1, 0.15) is 20.8 Å². The lowest BCUT2D eigenvalue weighted by atomic mass is 10.1. The number of hydrogen-bond acceptors (Lipinski definition) is 4. The van der Waals surface area contributed by atoms with Gasteiger partial charge in [0.05, 0.1) is 12.7 Å². The standard InChI is InChI=1S/C20H17ClN2O2S2/c1-25-19(24)17-12-16(11-13-5-3-2-4-6-13)27-18(17)23-20(26)22-15-9-7-14(21)8-10-15/h2-10,12H,11H2,1H3,(H2,22,23,26). The third-order valence-corrected chi connectivity index (χ3v) is 5.25. The number of esters is 1. The lowest BCUT2D eigenvalue weighted by molar-refractivity contribution is 0.0602. The number of carbonyl (C=O) groups is 1. The number of ether oxygens (including phenoxy) is 1. The van der Waals surface area contributed by atoms with Gasteiger partial charge < -0.3 is 15.4 Å². The summed E-state index contributed by atoms with van der Waals surface area (Å²) < 4.78 is 4.90. The minimum Gasteiger partial charge on any atom is -0.465 e. The fourth-order valence-corrected chi connectivity index (χ4v) is 3.97. The normalized spacial score (nSPS) is 10.3. The van der Waals surface area contributed by atoms with Gasteiger partial charge in [0.15, 0.2) is 5.11 Å². The molecular weight excluding hydrogens is 400 g/mol. The smallest absolute Gasteiger partial charge is 0.340 e. The van der Waals surface area contributed by atoms with Crippen molar-refractivity contribution in [2.75, 3.05) is 17.7 Å². The van der Waals surface area contributed by atoms with E-state index in [-0.39, 0.29) is 0 Å². The molecule has 0 aliphatic rings. The van der Waals surface area contributed by atoms with Gasteiger partial charge in [0.2, 0.25) is 0 Å². The molecule has 0 aliphatic heterocycles. The maximum Gasteiger partial charge on any atom is 0.340 e. The van der Waals surface area contributed by atoms with Crippen molar-refractivity contribution in [1.82, 2.24) is 0 Å². The van der Waals surface area contributed by atoms with Gasteiger partial charge in [0, 0.05) is 22.0 Å². The number of anilines is 2. The van der Waals surface area contributed by atoms with Crippen LogP contribution < -0.4 is 10.6 Å². The number of rotatable bonds is 5. The molecule has 7 heteroatoms. The molecule has 27 heavy (non-hydrogen) atoms. The van der Waals surface area contributed by atoms with Crippen LogP contribution in [0.5, 0.6) is 0 Å². The van der Waals surface area contributed by atoms with Crippen molar-refractivity contribution in [2.45, 2.75) is 6.42 Å². The van der Waals surface area contributed by atoms with Crippen molar-refractivity contribution in [1.29, 1.82) is 0 Å². The average Bonchev–Trinajstić information content (AvgIpc) is 3.05. The highest BCUT2D eigenvalue weighted by Gasteiger charge is 2.18. The molecule has 138 valence electrons. The van der Waals surface area contributed by atoms with Gasteiger partial charge in [0.25, 0.3) is 0 Å². The first-order valence-corrected chi connectivity index (χ1v) is 9.74. The van der Waals surface area contributed by atoms with E-state index in [1.807, 2.05) is 36.4 Å². The fourth-order valence-electron chi connectivity index (χ4n) is 2.48. The first kappa shape index (κ1) is 19.4. The van der Waals surface area contributed by atoms with Crippen molar-refractivity contribution in [3.63, 3.8) is 0 Å². The predicted octanol–water partition coefficient (Wildman–Crippen LogP) is 5.59. The van der Waals surface area contributed by atoms with Crippen LogP contribution in [0.25, 0.3) is 0 Å². The second-order valence-corrected chi connectivity index (χ2v) is 7.68. The lowest BCUT2D eigenvalue weighted by Gasteiger charge is -2.10. The van der Waals surface area contributed by atoms with Crippen LogP contribution in [0.15, 0.2) is 60.7 Å². The molecule has 0 saturated heterocycles. The van der Waals surface area contributed by atoms with E-state index in [9.17, 15) is 4.79 Å². The average molecular weight is 417 g/mol. The minimum absolute atomic E-state index is 0.385.